The van der Waals surface area contributed by atoms with Crippen LogP contribution in [0.15, 0.2) is 24.3 Å². The Morgan fingerprint density at radius 2 is 2.00 bits per heavy atom. The molecule has 0 saturated heterocycles. The highest BCUT2D eigenvalue weighted by molar-refractivity contribution is 5.33. The second-order valence-corrected chi connectivity index (χ2v) is 4.17. The molecule has 0 radical (unpaired) electrons. The van der Waals surface area contributed by atoms with Gasteiger partial charge in [0.25, 0.3) is 0 Å². The number of rotatable bonds is 6. The van der Waals surface area contributed by atoms with Crippen molar-refractivity contribution >= 4 is 0 Å². The van der Waals surface area contributed by atoms with Crippen molar-refractivity contribution in [2.75, 3.05) is 13.7 Å². The summed E-state index contributed by atoms with van der Waals surface area (Å²) in [4.78, 5) is 0. The highest BCUT2D eigenvalue weighted by Crippen LogP contribution is 2.18. The lowest BCUT2D eigenvalue weighted by atomic mass is 10.1. The van der Waals surface area contributed by atoms with E-state index in [9.17, 15) is 5.11 Å². The lowest BCUT2D eigenvalue weighted by molar-refractivity contribution is 0.187. The van der Waals surface area contributed by atoms with E-state index in [0.717, 1.165) is 12.2 Å². The van der Waals surface area contributed by atoms with E-state index in [1.165, 1.54) is 5.56 Å². The monoisotopic (exact) mass is 223 g/mol. The zero-order chi connectivity index (χ0) is 12.0. The molecule has 0 bridgehead atoms. The molecule has 0 aliphatic rings. The van der Waals surface area contributed by atoms with Crippen molar-refractivity contribution < 1.29 is 9.84 Å². The van der Waals surface area contributed by atoms with Crippen LogP contribution in [0.5, 0.6) is 5.75 Å². The van der Waals surface area contributed by atoms with Crippen molar-refractivity contribution in [1.82, 2.24) is 5.32 Å². The average Bonchev–Trinajstić information content (AvgIpc) is 2.27. The Balaban J connectivity index is 2.51. The first kappa shape index (κ1) is 13.0. The third-order valence-electron chi connectivity index (χ3n) is 2.48. The van der Waals surface area contributed by atoms with E-state index in [1.54, 1.807) is 14.0 Å². The second-order valence-electron chi connectivity index (χ2n) is 4.17. The molecule has 0 aromatic heterocycles. The summed E-state index contributed by atoms with van der Waals surface area (Å²) < 4.78 is 5.29. The van der Waals surface area contributed by atoms with Gasteiger partial charge >= 0.3 is 0 Å². The van der Waals surface area contributed by atoms with Crippen LogP contribution in [0.3, 0.4) is 0 Å². The van der Waals surface area contributed by atoms with Gasteiger partial charge in [0.05, 0.1) is 13.2 Å². The topological polar surface area (TPSA) is 41.5 Å². The Hall–Kier alpha value is -1.06. The van der Waals surface area contributed by atoms with Gasteiger partial charge in [0, 0.05) is 12.6 Å². The van der Waals surface area contributed by atoms with Crippen molar-refractivity contribution in [2.24, 2.45) is 0 Å². The second kappa shape index (κ2) is 6.51. The summed E-state index contributed by atoms with van der Waals surface area (Å²) in [5.41, 5.74) is 1.19. The molecule has 2 N–H and O–H groups in total. The first-order valence-electron chi connectivity index (χ1n) is 5.66. The number of hydrogen-bond donors (Lipinski definition) is 2. The smallest absolute Gasteiger partial charge is 0.122 e. The van der Waals surface area contributed by atoms with Gasteiger partial charge in [-0.2, -0.15) is 0 Å². The third kappa shape index (κ3) is 4.21. The van der Waals surface area contributed by atoms with Crippen LogP contribution in [-0.4, -0.2) is 30.9 Å². The quantitative estimate of drug-likeness (QED) is 0.769. The third-order valence-corrected chi connectivity index (χ3v) is 2.48. The molecule has 90 valence electrons. The zero-order valence-electron chi connectivity index (χ0n) is 10.2. The van der Waals surface area contributed by atoms with Crippen LogP contribution >= 0.6 is 0 Å². The SMILES string of the molecule is COc1ccccc1CC(C)NC[C@H](C)O. The van der Waals surface area contributed by atoms with E-state index >= 15 is 0 Å². The molecule has 1 rings (SSSR count). The van der Waals surface area contributed by atoms with Gasteiger partial charge in [-0.25, -0.2) is 0 Å². The van der Waals surface area contributed by atoms with Gasteiger partial charge in [0.1, 0.15) is 5.75 Å². The van der Waals surface area contributed by atoms with Crippen molar-refractivity contribution in [3.05, 3.63) is 29.8 Å². The molecule has 0 heterocycles. The van der Waals surface area contributed by atoms with Crippen molar-refractivity contribution in [2.45, 2.75) is 32.4 Å². The number of benzene rings is 1. The number of para-hydroxylation sites is 1. The molecule has 0 aliphatic heterocycles. The van der Waals surface area contributed by atoms with Crippen LogP contribution in [0.25, 0.3) is 0 Å². The maximum absolute atomic E-state index is 9.18. The van der Waals surface area contributed by atoms with Gasteiger partial charge in [-0.15, -0.1) is 0 Å². The molecule has 0 amide bonds. The van der Waals surface area contributed by atoms with Gasteiger partial charge in [-0.3, -0.25) is 0 Å². The number of aliphatic hydroxyl groups is 1. The highest BCUT2D eigenvalue weighted by atomic mass is 16.5. The van der Waals surface area contributed by atoms with Gasteiger partial charge in [-0.1, -0.05) is 18.2 Å². The maximum atomic E-state index is 9.18. The Labute approximate surface area is 97.4 Å². The molecular weight excluding hydrogens is 202 g/mol. The summed E-state index contributed by atoms with van der Waals surface area (Å²) in [5.74, 6) is 0.924. The molecule has 2 atom stereocenters. The van der Waals surface area contributed by atoms with E-state index in [4.69, 9.17) is 4.74 Å². The van der Waals surface area contributed by atoms with E-state index < -0.39 is 0 Å². The Kier molecular flexibility index (Phi) is 5.29. The summed E-state index contributed by atoms with van der Waals surface area (Å²) in [6.45, 7) is 4.51. The molecule has 0 aliphatic carbocycles. The fraction of sp³-hybridized carbons (Fsp3) is 0.538. The molecule has 16 heavy (non-hydrogen) atoms. The molecule has 3 nitrogen and oxygen atoms in total. The van der Waals surface area contributed by atoms with E-state index in [2.05, 4.69) is 18.3 Å². The lowest BCUT2D eigenvalue weighted by Gasteiger charge is -2.16. The van der Waals surface area contributed by atoms with Crippen LogP contribution < -0.4 is 10.1 Å². The van der Waals surface area contributed by atoms with Crippen LogP contribution in [0.2, 0.25) is 0 Å². The van der Waals surface area contributed by atoms with E-state index in [1.807, 2.05) is 18.2 Å². The molecule has 0 saturated carbocycles. The molecule has 0 spiro atoms. The fourth-order valence-electron chi connectivity index (χ4n) is 1.65. The van der Waals surface area contributed by atoms with Gasteiger partial charge in [0.15, 0.2) is 0 Å². The van der Waals surface area contributed by atoms with E-state index in [-0.39, 0.29) is 6.10 Å². The lowest BCUT2D eigenvalue weighted by Crippen LogP contribution is -2.33. The maximum Gasteiger partial charge on any atom is 0.122 e. The van der Waals surface area contributed by atoms with Gasteiger partial charge in [-0.05, 0) is 31.9 Å². The minimum absolute atomic E-state index is 0.305. The fourth-order valence-corrected chi connectivity index (χ4v) is 1.65. The van der Waals surface area contributed by atoms with Crippen LogP contribution in [0.4, 0.5) is 0 Å². The van der Waals surface area contributed by atoms with Crippen molar-refractivity contribution in [3.63, 3.8) is 0 Å². The number of nitrogens with one attached hydrogen (secondary N) is 1. The molecular formula is C13H21NO2. The van der Waals surface area contributed by atoms with Gasteiger partial charge in [0.2, 0.25) is 0 Å². The molecule has 1 unspecified atom stereocenters. The molecule has 1 aromatic carbocycles. The normalized spacial score (nSPS) is 14.5. The largest absolute Gasteiger partial charge is 0.496 e. The summed E-state index contributed by atoms with van der Waals surface area (Å²) in [5, 5.41) is 12.5. The first-order valence-corrected chi connectivity index (χ1v) is 5.66. The van der Waals surface area contributed by atoms with Crippen LogP contribution in [0, 0.1) is 0 Å². The van der Waals surface area contributed by atoms with Crippen LogP contribution in [0.1, 0.15) is 19.4 Å². The van der Waals surface area contributed by atoms with Crippen molar-refractivity contribution in [3.8, 4) is 5.75 Å². The zero-order valence-corrected chi connectivity index (χ0v) is 10.2. The number of hydrogen-bond acceptors (Lipinski definition) is 3. The molecule has 1 aromatic rings. The predicted octanol–water partition coefficient (Wildman–Crippen LogP) is 1.60. The predicted molar refractivity (Wildman–Crippen MR) is 65.8 cm³/mol. The standard InChI is InChI=1S/C13H21NO2/c1-10(14-9-11(2)15)8-12-6-4-5-7-13(12)16-3/h4-7,10-11,14-15H,8-9H2,1-3H3/t10?,11-/m0/s1. The van der Waals surface area contributed by atoms with Crippen molar-refractivity contribution in [1.29, 1.82) is 0 Å². The first-order chi connectivity index (χ1) is 7.63. The minimum Gasteiger partial charge on any atom is -0.496 e. The van der Waals surface area contributed by atoms with Gasteiger partial charge < -0.3 is 15.2 Å². The van der Waals surface area contributed by atoms with Crippen LogP contribution in [-0.2, 0) is 6.42 Å². The highest BCUT2D eigenvalue weighted by Gasteiger charge is 2.07. The molecule has 3 heteroatoms. The Morgan fingerprint density at radius 3 is 2.62 bits per heavy atom. The number of aliphatic hydroxyl groups excluding tert-OH is 1. The summed E-state index contributed by atoms with van der Waals surface area (Å²) in [7, 11) is 1.69. The summed E-state index contributed by atoms with van der Waals surface area (Å²) in [6, 6.07) is 8.34. The number of methoxy groups -OCH3 is 1. The Bertz CT molecular complexity index is 313. The van der Waals surface area contributed by atoms with E-state index in [0.29, 0.717) is 12.6 Å². The summed E-state index contributed by atoms with van der Waals surface area (Å²) >= 11 is 0. The average molecular weight is 223 g/mol. The number of ether oxygens (including phenoxy) is 1. The minimum atomic E-state index is -0.305. The Morgan fingerprint density at radius 1 is 1.31 bits per heavy atom. The molecule has 0 fully saturated rings. The summed E-state index contributed by atoms with van der Waals surface area (Å²) in [6.07, 6.45) is 0.594.